The Bertz CT molecular complexity index is 77.0. The van der Waals surface area contributed by atoms with Crippen LogP contribution in [0.15, 0.2) is 0 Å². The van der Waals surface area contributed by atoms with E-state index in [1.807, 2.05) is 6.92 Å². The molecule has 0 amide bonds. The van der Waals surface area contributed by atoms with Crippen LogP contribution >= 0.6 is 12.6 Å². The highest BCUT2D eigenvalue weighted by Gasteiger charge is 2.16. The van der Waals surface area contributed by atoms with Crippen molar-refractivity contribution in [1.82, 2.24) is 0 Å². The minimum atomic E-state index is 0.00750. The van der Waals surface area contributed by atoms with Gasteiger partial charge in [-0.05, 0) is 19.8 Å². The highest BCUT2D eigenvalue weighted by Crippen LogP contribution is 2.22. The van der Waals surface area contributed by atoms with Crippen LogP contribution in [-0.2, 0) is 4.74 Å². The fraction of sp³-hybridized carbons (Fsp3) is 1.00. The second-order valence-electron chi connectivity index (χ2n) is 2.61. The van der Waals surface area contributed by atoms with Gasteiger partial charge in [0.05, 0.1) is 6.10 Å². The minimum Gasteiger partial charge on any atom is -0.364 e. The molecule has 0 aromatic rings. The third-order valence-corrected chi connectivity index (χ3v) is 1.80. The Labute approximate surface area is 62.2 Å². The van der Waals surface area contributed by atoms with Gasteiger partial charge in [-0.25, -0.2) is 0 Å². The Hall–Kier alpha value is 0.310. The van der Waals surface area contributed by atoms with E-state index in [1.54, 1.807) is 0 Å². The van der Waals surface area contributed by atoms with Crippen LogP contribution in [0, 0.1) is 0 Å². The maximum Gasteiger partial charge on any atom is 0.110 e. The molecule has 1 saturated carbocycles. The van der Waals surface area contributed by atoms with Crippen LogP contribution in [0.2, 0.25) is 0 Å². The summed E-state index contributed by atoms with van der Waals surface area (Å²) in [6.45, 7) is 1.92. The first kappa shape index (κ1) is 7.42. The van der Waals surface area contributed by atoms with Crippen LogP contribution in [0.5, 0.6) is 0 Å². The molecule has 1 unspecified atom stereocenters. The van der Waals surface area contributed by atoms with E-state index in [0.717, 1.165) is 0 Å². The average molecular weight is 145 g/mol. The first-order chi connectivity index (χ1) is 4.29. The van der Waals surface area contributed by atoms with Crippen molar-refractivity contribution in [2.24, 2.45) is 0 Å². The summed E-state index contributed by atoms with van der Waals surface area (Å²) >= 11 is 4.89. The summed E-state index contributed by atoms with van der Waals surface area (Å²) in [6.07, 6.45) is 5.58. The Balaban J connectivity index is 2.11. The monoisotopic (exact) mass is 145 g/mol. The number of hydrogen-bond donors (Lipinski definition) is 0. The van der Waals surface area contributed by atoms with Crippen molar-refractivity contribution in [2.75, 3.05) is 0 Å². The van der Waals surface area contributed by atoms with Gasteiger partial charge >= 0.3 is 0 Å². The number of hydrogen-bond acceptors (Lipinski definition) is 1. The van der Waals surface area contributed by atoms with Gasteiger partial charge in [0, 0.05) is 0 Å². The fourth-order valence-corrected chi connectivity index (χ4v) is 1.45. The molecule has 1 nitrogen and oxygen atoms in total. The van der Waals surface area contributed by atoms with Gasteiger partial charge < -0.3 is 4.74 Å². The lowest BCUT2D eigenvalue weighted by Gasteiger charge is -2.12. The van der Waals surface area contributed by atoms with E-state index in [9.17, 15) is 0 Å². The summed E-state index contributed by atoms with van der Waals surface area (Å²) < 4.78 is 5.43. The van der Waals surface area contributed by atoms with E-state index in [-0.39, 0.29) is 5.44 Å². The maximum absolute atomic E-state index is 5.43. The van der Waals surface area contributed by atoms with E-state index < -0.39 is 0 Å². The van der Waals surface area contributed by atoms with Crippen LogP contribution in [-0.4, -0.2) is 11.5 Å². The molecule has 53 valence electrons. The molecule has 0 aliphatic heterocycles. The van der Waals surface area contributed by atoms with E-state index in [0.29, 0.717) is 6.10 Å². The second-order valence-corrected chi connectivity index (χ2v) is 3.27. The zero-order valence-corrected chi connectivity index (χ0v) is 6.62. The van der Waals surface area contributed by atoms with Gasteiger partial charge in [0.15, 0.2) is 0 Å². The smallest absolute Gasteiger partial charge is 0.110 e. The summed E-state index contributed by atoms with van der Waals surface area (Å²) in [5.74, 6) is 0. The van der Waals surface area contributed by atoms with Gasteiger partial charge in [-0.2, -0.15) is 0 Å². The van der Waals surface area contributed by atoms with Gasteiger partial charge in [-0.1, -0.05) is 25.5 Å². The topological polar surface area (TPSA) is 9.23 Å². The first-order valence-corrected chi connectivity index (χ1v) is 4.07. The summed E-state index contributed by atoms with van der Waals surface area (Å²) in [5, 5.41) is 0. The molecule has 0 aromatic heterocycles. The lowest BCUT2D eigenvalue weighted by Crippen LogP contribution is -2.11. The predicted octanol–water partition coefficient (Wildman–Crippen LogP) is 2.49. The van der Waals surface area contributed by atoms with Crippen molar-refractivity contribution in [3.63, 3.8) is 0 Å². The van der Waals surface area contributed by atoms with Crippen molar-refractivity contribution in [2.45, 2.75) is 44.1 Å². The van der Waals surface area contributed by atoms with Crippen molar-refractivity contribution in [3.8, 4) is 0 Å². The molecule has 0 N–H and O–H groups in total. The first-order valence-electron chi connectivity index (χ1n) is 3.60. The Morgan fingerprint density at radius 2 is 2.00 bits per heavy atom. The van der Waals surface area contributed by atoms with Crippen LogP contribution in [0.4, 0.5) is 0 Å². The quantitative estimate of drug-likeness (QED) is 0.580. The highest BCUT2D eigenvalue weighted by molar-refractivity contribution is 7.80. The summed E-state index contributed by atoms with van der Waals surface area (Å²) in [7, 11) is 0. The van der Waals surface area contributed by atoms with Crippen LogP contribution in [0.25, 0.3) is 0 Å². The lowest BCUT2D eigenvalue weighted by atomic mass is 10.3. The van der Waals surface area contributed by atoms with Crippen LogP contribution in [0.1, 0.15) is 32.6 Å². The Morgan fingerprint density at radius 1 is 1.44 bits per heavy atom. The van der Waals surface area contributed by atoms with Crippen LogP contribution in [0.3, 0.4) is 0 Å². The molecular formula is C7H13OS. The van der Waals surface area contributed by atoms with Crippen molar-refractivity contribution in [3.05, 3.63) is 0 Å². The molecule has 0 aromatic carbocycles. The molecule has 2 heteroatoms. The largest absolute Gasteiger partial charge is 0.364 e. The Kier molecular flexibility index (Phi) is 2.86. The average Bonchev–Trinajstić information content (AvgIpc) is 2.15. The highest BCUT2D eigenvalue weighted by atomic mass is 32.1. The van der Waals surface area contributed by atoms with Gasteiger partial charge in [0.25, 0.3) is 0 Å². The van der Waals surface area contributed by atoms with Crippen molar-refractivity contribution >= 4 is 12.6 Å². The van der Waals surface area contributed by atoms with E-state index in [4.69, 9.17) is 17.4 Å². The zero-order chi connectivity index (χ0) is 6.69. The SMILES string of the molecule is CC([S])OC1CCCC1. The summed E-state index contributed by atoms with van der Waals surface area (Å²) in [5.41, 5.74) is 0.00750. The number of ether oxygens (including phenoxy) is 1. The summed E-state index contributed by atoms with van der Waals surface area (Å²) in [4.78, 5) is 0. The standard InChI is InChI=1S/C7H13OS/c1-6(9)8-7-4-2-3-5-7/h6-7H,2-5H2,1H3. The van der Waals surface area contributed by atoms with E-state index >= 15 is 0 Å². The van der Waals surface area contributed by atoms with Crippen molar-refractivity contribution < 1.29 is 4.74 Å². The van der Waals surface area contributed by atoms with Crippen molar-refractivity contribution in [1.29, 1.82) is 0 Å². The summed E-state index contributed by atoms with van der Waals surface area (Å²) in [6, 6.07) is 0. The van der Waals surface area contributed by atoms with Crippen LogP contribution < -0.4 is 0 Å². The number of rotatable bonds is 2. The Morgan fingerprint density at radius 3 is 2.44 bits per heavy atom. The minimum absolute atomic E-state index is 0.00750. The van der Waals surface area contributed by atoms with E-state index in [1.165, 1.54) is 25.7 Å². The molecule has 0 heterocycles. The molecule has 1 aliphatic rings. The maximum atomic E-state index is 5.43. The molecule has 0 spiro atoms. The molecule has 0 saturated heterocycles. The third kappa shape index (κ3) is 2.59. The fourth-order valence-electron chi connectivity index (χ4n) is 1.30. The second kappa shape index (κ2) is 3.47. The molecule has 1 rings (SSSR count). The molecule has 0 bridgehead atoms. The lowest BCUT2D eigenvalue weighted by molar-refractivity contribution is 0.0501. The van der Waals surface area contributed by atoms with Gasteiger partial charge in [0.2, 0.25) is 0 Å². The molecule has 1 fully saturated rings. The van der Waals surface area contributed by atoms with Gasteiger partial charge in [0.1, 0.15) is 5.44 Å². The normalized spacial score (nSPS) is 24.7. The third-order valence-electron chi connectivity index (χ3n) is 1.69. The van der Waals surface area contributed by atoms with Gasteiger partial charge in [-0.3, -0.25) is 0 Å². The molecule has 1 atom stereocenters. The zero-order valence-electron chi connectivity index (χ0n) is 5.80. The molecule has 9 heavy (non-hydrogen) atoms. The van der Waals surface area contributed by atoms with E-state index in [2.05, 4.69) is 0 Å². The molecule has 1 aliphatic carbocycles. The van der Waals surface area contributed by atoms with Gasteiger partial charge in [-0.15, -0.1) is 0 Å². The molecule has 1 radical (unpaired) electrons. The predicted molar refractivity (Wildman–Crippen MR) is 40.4 cm³/mol. The molecular weight excluding hydrogens is 132 g/mol.